The maximum atomic E-state index is 12.1. The molecule has 0 saturated heterocycles. The summed E-state index contributed by atoms with van der Waals surface area (Å²) in [6, 6.07) is 9.59. The first-order chi connectivity index (χ1) is 11.9. The highest BCUT2D eigenvalue weighted by Crippen LogP contribution is 2.27. The molecule has 2 rings (SSSR count). The number of carbonyl (C=O) groups is 1. The van der Waals surface area contributed by atoms with Gasteiger partial charge in [-0.15, -0.1) is 0 Å². The van der Waals surface area contributed by atoms with E-state index in [0.29, 0.717) is 18.0 Å². The molecule has 25 heavy (non-hydrogen) atoms. The minimum atomic E-state index is -0.173. The molecular weight excluding hydrogens is 318 g/mol. The van der Waals surface area contributed by atoms with E-state index in [1.54, 1.807) is 14.2 Å². The lowest BCUT2D eigenvalue weighted by atomic mass is 10.1. The van der Waals surface area contributed by atoms with Crippen LogP contribution in [0.15, 0.2) is 30.3 Å². The zero-order valence-corrected chi connectivity index (χ0v) is 15.4. The van der Waals surface area contributed by atoms with Crippen molar-refractivity contribution in [1.29, 1.82) is 0 Å². The van der Waals surface area contributed by atoms with Crippen molar-refractivity contribution in [2.45, 2.75) is 27.3 Å². The summed E-state index contributed by atoms with van der Waals surface area (Å²) in [6.07, 6.45) is 0. The van der Waals surface area contributed by atoms with Gasteiger partial charge in [0.05, 0.1) is 14.2 Å². The Labute approximate surface area is 148 Å². The molecule has 134 valence electrons. The third-order valence-corrected chi connectivity index (χ3v) is 4.06. The number of benzene rings is 2. The fourth-order valence-electron chi connectivity index (χ4n) is 2.54. The molecule has 5 nitrogen and oxygen atoms in total. The smallest absolute Gasteiger partial charge is 0.258 e. The molecule has 0 saturated carbocycles. The third kappa shape index (κ3) is 4.89. The highest BCUT2D eigenvalue weighted by molar-refractivity contribution is 5.77. The van der Waals surface area contributed by atoms with Gasteiger partial charge in [0.2, 0.25) is 0 Å². The predicted molar refractivity (Wildman–Crippen MR) is 97.5 cm³/mol. The van der Waals surface area contributed by atoms with E-state index >= 15 is 0 Å². The van der Waals surface area contributed by atoms with Crippen LogP contribution in [0.5, 0.6) is 17.2 Å². The molecule has 1 N–H and O–H groups in total. The number of methoxy groups -OCH3 is 2. The van der Waals surface area contributed by atoms with Gasteiger partial charge in [-0.3, -0.25) is 4.79 Å². The molecule has 0 heterocycles. The Morgan fingerprint density at radius 2 is 1.68 bits per heavy atom. The minimum absolute atomic E-state index is 0.0168. The number of ether oxygens (including phenoxy) is 3. The second-order valence-corrected chi connectivity index (χ2v) is 5.96. The molecule has 2 aromatic rings. The fraction of sp³-hybridized carbons (Fsp3) is 0.350. The van der Waals surface area contributed by atoms with Gasteiger partial charge in [-0.1, -0.05) is 12.1 Å². The molecule has 0 aliphatic carbocycles. The monoisotopic (exact) mass is 343 g/mol. The van der Waals surface area contributed by atoms with Crippen LogP contribution in [-0.4, -0.2) is 26.7 Å². The van der Waals surface area contributed by atoms with Gasteiger partial charge in [0, 0.05) is 6.54 Å². The number of hydrogen-bond acceptors (Lipinski definition) is 4. The second-order valence-electron chi connectivity index (χ2n) is 5.96. The van der Waals surface area contributed by atoms with Crippen LogP contribution in [0.1, 0.15) is 22.3 Å². The summed E-state index contributed by atoms with van der Waals surface area (Å²) < 4.78 is 16.1. The molecule has 0 unspecified atom stereocenters. The van der Waals surface area contributed by atoms with E-state index in [2.05, 4.69) is 11.4 Å². The van der Waals surface area contributed by atoms with Crippen LogP contribution in [0, 0.1) is 20.8 Å². The molecule has 0 aliphatic heterocycles. The first-order valence-corrected chi connectivity index (χ1v) is 8.13. The summed E-state index contributed by atoms with van der Waals surface area (Å²) in [5.74, 6) is 1.87. The summed E-state index contributed by atoms with van der Waals surface area (Å²) in [4.78, 5) is 12.1. The van der Waals surface area contributed by atoms with Crippen LogP contribution in [0.2, 0.25) is 0 Å². The van der Waals surface area contributed by atoms with Crippen LogP contribution >= 0.6 is 0 Å². The van der Waals surface area contributed by atoms with E-state index < -0.39 is 0 Å². The SMILES string of the molecule is COc1ccc(CNC(=O)COc2cc(C)cc(C)c2C)cc1OC. The maximum Gasteiger partial charge on any atom is 0.258 e. The van der Waals surface area contributed by atoms with Gasteiger partial charge in [0.1, 0.15) is 5.75 Å². The minimum Gasteiger partial charge on any atom is -0.493 e. The van der Waals surface area contributed by atoms with Crippen molar-refractivity contribution in [1.82, 2.24) is 5.32 Å². The van der Waals surface area contributed by atoms with Crippen molar-refractivity contribution < 1.29 is 19.0 Å². The van der Waals surface area contributed by atoms with E-state index in [1.807, 2.05) is 45.0 Å². The van der Waals surface area contributed by atoms with E-state index in [0.717, 1.165) is 28.0 Å². The molecule has 0 aromatic heterocycles. The molecule has 0 atom stereocenters. The molecule has 5 heteroatoms. The van der Waals surface area contributed by atoms with E-state index in [4.69, 9.17) is 14.2 Å². The largest absolute Gasteiger partial charge is 0.493 e. The Hall–Kier alpha value is -2.69. The average molecular weight is 343 g/mol. The Kier molecular flexibility index (Phi) is 6.28. The molecule has 1 amide bonds. The second kappa shape index (κ2) is 8.42. The summed E-state index contributed by atoms with van der Waals surface area (Å²) in [6.45, 7) is 6.42. The van der Waals surface area contributed by atoms with Crippen LogP contribution in [0.4, 0.5) is 0 Å². The van der Waals surface area contributed by atoms with Gasteiger partial charge in [-0.2, -0.15) is 0 Å². The summed E-state index contributed by atoms with van der Waals surface area (Å²) in [7, 11) is 3.17. The fourth-order valence-corrected chi connectivity index (χ4v) is 2.54. The Morgan fingerprint density at radius 3 is 2.36 bits per heavy atom. The topological polar surface area (TPSA) is 56.8 Å². The van der Waals surface area contributed by atoms with Crippen LogP contribution in [0.3, 0.4) is 0 Å². The van der Waals surface area contributed by atoms with Crippen molar-refractivity contribution in [3.05, 3.63) is 52.6 Å². The molecule has 0 fully saturated rings. The van der Waals surface area contributed by atoms with Gasteiger partial charge in [-0.05, 0) is 61.2 Å². The van der Waals surface area contributed by atoms with Gasteiger partial charge >= 0.3 is 0 Å². The predicted octanol–water partition coefficient (Wildman–Crippen LogP) is 3.32. The Balaban J connectivity index is 1.91. The van der Waals surface area contributed by atoms with Gasteiger partial charge in [0.15, 0.2) is 18.1 Å². The molecule has 0 spiro atoms. The van der Waals surface area contributed by atoms with Crippen molar-refractivity contribution >= 4 is 5.91 Å². The Bertz CT molecular complexity index is 756. The summed E-state index contributed by atoms with van der Waals surface area (Å²) >= 11 is 0. The maximum absolute atomic E-state index is 12.1. The number of nitrogens with one attached hydrogen (secondary N) is 1. The lowest BCUT2D eigenvalue weighted by molar-refractivity contribution is -0.123. The summed E-state index contributed by atoms with van der Waals surface area (Å²) in [5.41, 5.74) is 4.25. The van der Waals surface area contributed by atoms with Gasteiger partial charge in [-0.25, -0.2) is 0 Å². The standard InChI is InChI=1S/C20H25NO4/c1-13-8-14(2)15(3)18(9-13)25-12-20(22)21-11-16-6-7-17(23-4)19(10-16)24-5/h6-10H,11-12H2,1-5H3,(H,21,22). The number of hydrogen-bond donors (Lipinski definition) is 1. The van der Waals surface area contributed by atoms with Crippen molar-refractivity contribution in [2.24, 2.45) is 0 Å². The van der Waals surface area contributed by atoms with Gasteiger partial charge in [0.25, 0.3) is 5.91 Å². The van der Waals surface area contributed by atoms with E-state index in [-0.39, 0.29) is 12.5 Å². The molecule has 0 aliphatic rings. The Morgan fingerprint density at radius 1 is 0.960 bits per heavy atom. The zero-order valence-electron chi connectivity index (χ0n) is 15.4. The molecule has 0 bridgehead atoms. The van der Waals surface area contributed by atoms with Crippen molar-refractivity contribution in [3.63, 3.8) is 0 Å². The highest BCUT2D eigenvalue weighted by atomic mass is 16.5. The third-order valence-electron chi connectivity index (χ3n) is 4.06. The first-order valence-electron chi connectivity index (χ1n) is 8.13. The highest BCUT2D eigenvalue weighted by Gasteiger charge is 2.09. The van der Waals surface area contributed by atoms with Crippen LogP contribution in [0.25, 0.3) is 0 Å². The average Bonchev–Trinajstić information content (AvgIpc) is 2.61. The zero-order chi connectivity index (χ0) is 18.4. The first kappa shape index (κ1) is 18.6. The lowest BCUT2D eigenvalue weighted by Gasteiger charge is -2.13. The van der Waals surface area contributed by atoms with E-state index in [1.165, 1.54) is 0 Å². The quantitative estimate of drug-likeness (QED) is 0.838. The number of rotatable bonds is 7. The number of aryl methyl sites for hydroxylation is 2. The molecule has 2 aromatic carbocycles. The number of amides is 1. The van der Waals surface area contributed by atoms with Gasteiger partial charge < -0.3 is 19.5 Å². The molecule has 0 radical (unpaired) electrons. The van der Waals surface area contributed by atoms with Crippen LogP contribution in [-0.2, 0) is 11.3 Å². The van der Waals surface area contributed by atoms with E-state index in [9.17, 15) is 4.79 Å². The normalized spacial score (nSPS) is 10.3. The summed E-state index contributed by atoms with van der Waals surface area (Å²) in [5, 5.41) is 2.85. The van der Waals surface area contributed by atoms with Crippen molar-refractivity contribution in [3.8, 4) is 17.2 Å². The lowest BCUT2D eigenvalue weighted by Crippen LogP contribution is -2.28. The van der Waals surface area contributed by atoms with Crippen LogP contribution < -0.4 is 19.5 Å². The number of carbonyl (C=O) groups excluding carboxylic acids is 1. The molecular formula is C20H25NO4. The van der Waals surface area contributed by atoms with Crippen molar-refractivity contribution in [2.75, 3.05) is 20.8 Å².